The molecule has 52 heavy (non-hydrogen) atoms. The monoisotopic (exact) mass is 676 g/mol. The van der Waals surface area contributed by atoms with Crippen LogP contribution in [-0.4, -0.2) is 0 Å². The topological polar surface area (TPSA) is 0 Å². The van der Waals surface area contributed by atoms with Gasteiger partial charge in [0.25, 0.3) is 0 Å². The van der Waals surface area contributed by atoms with Gasteiger partial charge in [0, 0.05) is 16.7 Å². The van der Waals surface area contributed by atoms with Crippen LogP contribution in [-0.2, 0) is 5.41 Å². The van der Waals surface area contributed by atoms with E-state index < -0.39 is 5.41 Å². The molecule has 242 valence electrons. The Morgan fingerprint density at radius 1 is 0.442 bits per heavy atom. The molecule has 0 radical (unpaired) electrons. The minimum absolute atomic E-state index is 0.396. The summed E-state index contributed by atoms with van der Waals surface area (Å²) in [7, 11) is 0. The maximum Gasteiger partial charge on any atom is 0.0725 e. The van der Waals surface area contributed by atoms with Crippen molar-refractivity contribution >= 4 is 28.1 Å². The molecule has 5 aliphatic rings. The van der Waals surface area contributed by atoms with Crippen molar-refractivity contribution in [2.24, 2.45) is 11.8 Å². The predicted octanol–water partition coefficient (Wildman–Crippen LogP) is 13.3. The molecule has 3 unspecified atom stereocenters. The van der Waals surface area contributed by atoms with Crippen LogP contribution >= 0.6 is 11.8 Å². The van der Waals surface area contributed by atoms with Crippen molar-refractivity contribution in [1.82, 2.24) is 0 Å². The Morgan fingerprint density at radius 2 is 1.10 bits per heavy atom. The van der Waals surface area contributed by atoms with Crippen LogP contribution in [0.25, 0.3) is 60.9 Å². The third-order valence-electron chi connectivity index (χ3n) is 12.3. The van der Waals surface area contributed by atoms with E-state index in [2.05, 4.69) is 182 Å². The van der Waals surface area contributed by atoms with Crippen LogP contribution in [0.2, 0.25) is 0 Å². The second-order valence-electron chi connectivity index (χ2n) is 14.7. The average molecular weight is 677 g/mol. The highest BCUT2D eigenvalue weighted by atomic mass is 32.2. The number of rotatable bonds is 2. The molecule has 0 amide bonds. The maximum absolute atomic E-state index is 2.48. The van der Waals surface area contributed by atoms with E-state index in [1.165, 1.54) is 98.5 Å². The standard InChI is InChI=1S/C51H32S/c1-2-13-33-30-46-41(28-32(33)12-1)37-18-5-7-22-43(37)51(46)44-23-8-6-19-40(44)50-38(21-11-24-45(50)51)36-17-4-3-16-35(36)34-26-27-47-42(29-34)39-20-9-14-31-15-10-25-48(52-47)49(31)39/h1-31,49H. The summed E-state index contributed by atoms with van der Waals surface area (Å²) in [5, 5.41) is 2.57. The Kier molecular flexibility index (Phi) is 5.85. The number of fused-ring (bicyclic) bond motifs is 13. The molecular weight excluding hydrogens is 645 g/mol. The Morgan fingerprint density at radius 3 is 1.94 bits per heavy atom. The van der Waals surface area contributed by atoms with Gasteiger partial charge in [0.2, 0.25) is 0 Å². The van der Waals surface area contributed by atoms with Gasteiger partial charge in [-0.3, -0.25) is 0 Å². The Hall–Kier alpha value is -5.89. The Bertz CT molecular complexity index is 2840. The molecule has 12 rings (SSSR count). The first-order valence-corrected chi connectivity index (χ1v) is 19.2. The van der Waals surface area contributed by atoms with Gasteiger partial charge in [0.1, 0.15) is 0 Å². The van der Waals surface area contributed by atoms with Gasteiger partial charge in [-0.05, 0) is 118 Å². The molecular formula is C51H32S. The molecule has 0 bridgehead atoms. The third-order valence-corrected chi connectivity index (χ3v) is 13.5. The molecule has 0 saturated heterocycles. The van der Waals surface area contributed by atoms with Crippen molar-refractivity contribution in [2.45, 2.75) is 10.3 Å². The number of hydrogen-bond donors (Lipinski definition) is 0. The summed E-state index contributed by atoms with van der Waals surface area (Å²) in [6, 6.07) is 55.3. The summed E-state index contributed by atoms with van der Waals surface area (Å²) < 4.78 is 0. The molecule has 4 aliphatic carbocycles. The molecule has 0 N–H and O–H groups in total. The molecule has 0 nitrogen and oxygen atoms in total. The summed E-state index contributed by atoms with van der Waals surface area (Å²) in [6.45, 7) is 0. The van der Waals surface area contributed by atoms with E-state index in [4.69, 9.17) is 0 Å². The summed E-state index contributed by atoms with van der Waals surface area (Å²) in [5.74, 6) is 0.845. The van der Waals surface area contributed by atoms with Crippen molar-refractivity contribution in [3.8, 4) is 44.5 Å². The highest BCUT2D eigenvalue weighted by Crippen LogP contribution is 2.64. The highest BCUT2D eigenvalue weighted by Gasteiger charge is 2.52. The Balaban J connectivity index is 1.10. The third kappa shape index (κ3) is 3.69. The molecule has 3 atom stereocenters. The predicted molar refractivity (Wildman–Crippen MR) is 218 cm³/mol. The van der Waals surface area contributed by atoms with Gasteiger partial charge in [-0.2, -0.15) is 0 Å². The minimum Gasteiger partial charge on any atom is -0.0932 e. The number of hydrogen-bond acceptors (Lipinski definition) is 1. The van der Waals surface area contributed by atoms with E-state index in [9.17, 15) is 0 Å². The van der Waals surface area contributed by atoms with E-state index >= 15 is 0 Å². The minimum atomic E-state index is -0.396. The van der Waals surface area contributed by atoms with Gasteiger partial charge in [0.15, 0.2) is 0 Å². The molecule has 7 aromatic rings. The summed E-state index contributed by atoms with van der Waals surface area (Å²) in [5.41, 5.74) is 18.4. The van der Waals surface area contributed by atoms with Crippen LogP contribution in [0, 0.1) is 11.8 Å². The van der Waals surface area contributed by atoms with Crippen LogP contribution in [0.4, 0.5) is 0 Å². The van der Waals surface area contributed by atoms with Crippen LogP contribution < -0.4 is 0 Å². The molecule has 0 saturated carbocycles. The number of thioether (sulfide) groups is 1. The van der Waals surface area contributed by atoms with Gasteiger partial charge in [-0.25, -0.2) is 0 Å². The molecule has 1 heterocycles. The molecule has 0 fully saturated rings. The Labute approximate surface area is 308 Å². The van der Waals surface area contributed by atoms with Crippen molar-refractivity contribution in [3.05, 3.63) is 215 Å². The number of allylic oxidation sites excluding steroid dienone is 8. The highest BCUT2D eigenvalue weighted by molar-refractivity contribution is 8.03. The van der Waals surface area contributed by atoms with Crippen molar-refractivity contribution in [3.63, 3.8) is 0 Å². The van der Waals surface area contributed by atoms with E-state index in [1.54, 1.807) is 0 Å². The van der Waals surface area contributed by atoms with Crippen LogP contribution in [0.15, 0.2) is 192 Å². The largest absolute Gasteiger partial charge is 0.0932 e. The molecule has 7 aromatic carbocycles. The van der Waals surface area contributed by atoms with Gasteiger partial charge < -0.3 is 0 Å². The summed E-state index contributed by atoms with van der Waals surface area (Å²) >= 11 is 1.95. The van der Waals surface area contributed by atoms with Gasteiger partial charge in [-0.1, -0.05) is 170 Å². The van der Waals surface area contributed by atoms with E-state index in [1.807, 2.05) is 11.8 Å². The zero-order valence-corrected chi connectivity index (χ0v) is 29.2. The molecule has 1 spiro atoms. The quantitative estimate of drug-likeness (QED) is 0.176. The van der Waals surface area contributed by atoms with E-state index in [0.717, 1.165) is 0 Å². The lowest BCUT2D eigenvalue weighted by Crippen LogP contribution is -2.25. The van der Waals surface area contributed by atoms with Gasteiger partial charge >= 0.3 is 0 Å². The second-order valence-corrected chi connectivity index (χ2v) is 15.8. The fourth-order valence-corrected chi connectivity index (χ4v) is 11.4. The van der Waals surface area contributed by atoms with E-state index in [-0.39, 0.29) is 0 Å². The van der Waals surface area contributed by atoms with Crippen molar-refractivity contribution < 1.29 is 0 Å². The normalized spacial score (nSPS) is 20.8. The van der Waals surface area contributed by atoms with Gasteiger partial charge in [-0.15, -0.1) is 0 Å². The van der Waals surface area contributed by atoms with Crippen LogP contribution in [0.5, 0.6) is 0 Å². The lowest BCUT2D eigenvalue weighted by molar-refractivity contribution is 0.663. The molecule has 0 aromatic heterocycles. The zero-order valence-electron chi connectivity index (χ0n) is 28.4. The first-order valence-electron chi connectivity index (χ1n) is 18.3. The molecule has 1 heteroatoms. The lowest BCUT2D eigenvalue weighted by Gasteiger charge is -2.36. The first kappa shape index (κ1) is 28.8. The first-order chi connectivity index (χ1) is 25.8. The van der Waals surface area contributed by atoms with Crippen molar-refractivity contribution in [2.75, 3.05) is 0 Å². The summed E-state index contributed by atoms with van der Waals surface area (Å²) in [4.78, 5) is 2.81. The average Bonchev–Trinajstić information content (AvgIpc) is 3.67. The summed E-state index contributed by atoms with van der Waals surface area (Å²) in [6.07, 6.45) is 13.9. The van der Waals surface area contributed by atoms with Gasteiger partial charge in [0.05, 0.1) is 5.41 Å². The SMILES string of the molecule is C1=CC2C=CC=C3c4cc(-c5ccccc5-c5cccc6c5-c5ccccc5C65c6ccccc6-c6cc7ccccc7cc65)ccc4SC(=C1)C32. The van der Waals surface area contributed by atoms with Crippen LogP contribution in [0.3, 0.4) is 0 Å². The lowest BCUT2D eigenvalue weighted by atomic mass is 9.70. The maximum atomic E-state index is 2.48. The van der Waals surface area contributed by atoms with Crippen molar-refractivity contribution in [1.29, 1.82) is 0 Å². The fourth-order valence-electron chi connectivity index (χ4n) is 10.2. The van der Waals surface area contributed by atoms with Crippen LogP contribution in [0.1, 0.15) is 27.8 Å². The smallest absolute Gasteiger partial charge is 0.0725 e. The number of benzene rings is 7. The second kappa shape index (κ2) is 10.6. The molecule has 1 aliphatic heterocycles. The van der Waals surface area contributed by atoms with E-state index in [0.29, 0.717) is 11.8 Å². The zero-order chi connectivity index (χ0) is 34.0. The fraction of sp³-hybridized carbons (Fsp3) is 0.0588.